The zero-order chi connectivity index (χ0) is 12.1. The van der Waals surface area contributed by atoms with Crippen molar-refractivity contribution in [1.82, 2.24) is 5.32 Å². The number of hydrogen-bond donors (Lipinski definition) is 2. The molecule has 4 heteroatoms. The maximum Gasteiger partial charge on any atom is 0.335 e. The fraction of sp³-hybridized carbons (Fsp3) is 0.333. The van der Waals surface area contributed by atoms with Crippen LogP contribution in [0.15, 0.2) is 24.3 Å². The molecule has 0 bridgehead atoms. The summed E-state index contributed by atoms with van der Waals surface area (Å²) in [5.41, 5.74) is 1.04. The average molecular weight is 221 g/mol. The minimum absolute atomic E-state index is 0.0573. The van der Waals surface area contributed by atoms with Gasteiger partial charge >= 0.3 is 5.97 Å². The second-order valence-electron chi connectivity index (χ2n) is 3.90. The predicted molar refractivity (Wildman–Crippen MR) is 60.4 cm³/mol. The molecule has 0 saturated carbocycles. The Balaban J connectivity index is 2.62. The van der Waals surface area contributed by atoms with Crippen molar-refractivity contribution in [1.29, 1.82) is 0 Å². The van der Waals surface area contributed by atoms with Gasteiger partial charge < -0.3 is 10.4 Å². The van der Waals surface area contributed by atoms with E-state index in [0.717, 1.165) is 5.56 Å². The van der Waals surface area contributed by atoms with Gasteiger partial charge in [-0.2, -0.15) is 0 Å². The quantitative estimate of drug-likeness (QED) is 0.808. The molecule has 0 aliphatic carbocycles. The van der Waals surface area contributed by atoms with Gasteiger partial charge in [0.15, 0.2) is 0 Å². The van der Waals surface area contributed by atoms with Crippen LogP contribution in [-0.4, -0.2) is 23.0 Å². The molecule has 1 rings (SSSR count). The molecule has 0 aromatic heterocycles. The van der Waals surface area contributed by atoms with Gasteiger partial charge in [0.25, 0.3) is 0 Å². The fourth-order valence-corrected chi connectivity index (χ4v) is 1.32. The van der Waals surface area contributed by atoms with E-state index in [1.54, 1.807) is 12.1 Å². The van der Waals surface area contributed by atoms with Crippen molar-refractivity contribution in [2.45, 2.75) is 26.3 Å². The summed E-state index contributed by atoms with van der Waals surface area (Å²) in [6.07, 6.45) is 0.276. The van der Waals surface area contributed by atoms with Crippen LogP contribution in [0, 0.1) is 0 Å². The molecule has 0 saturated heterocycles. The molecule has 0 unspecified atom stereocenters. The highest BCUT2D eigenvalue weighted by molar-refractivity contribution is 5.87. The molecule has 1 aromatic carbocycles. The third-order valence-electron chi connectivity index (χ3n) is 2.02. The largest absolute Gasteiger partial charge is 0.478 e. The zero-order valence-electron chi connectivity index (χ0n) is 9.36. The van der Waals surface area contributed by atoms with E-state index in [0.29, 0.717) is 0 Å². The lowest BCUT2D eigenvalue weighted by molar-refractivity contribution is -0.120. The predicted octanol–water partition coefficient (Wildman–Crippen LogP) is 1.45. The number of carboxylic acids is 1. The second-order valence-corrected chi connectivity index (χ2v) is 3.90. The number of carbonyl (C=O) groups is 2. The summed E-state index contributed by atoms with van der Waals surface area (Å²) in [6.45, 7) is 3.79. The Morgan fingerprint density at radius 3 is 2.25 bits per heavy atom. The summed E-state index contributed by atoms with van der Waals surface area (Å²) in [4.78, 5) is 22.0. The normalized spacial score (nSPS) is 10.2. The van der Waals surface area contributed by atoms with Crippen LogP contribution >= 0.6 is 0 Å². The Morgan fingerprint density at radius 1 is 1.25 bits per heavy atom. The van der Waals surface area contributed by atoms with Crippen LogP contribution in [0.1, 0.15) is 29.8 Å². The van der Waals surface area contributed by atoms with Crippen LogP contribution in [0.2, 0.25) is 0 Å². The number of amides is 1. The molecule has 2 N–H and O–H groups in total. The fourth-order valence-electron chi connectivity index (χ4n) is 1.32. The monoisotopic (exact) mass is 221 g/mol. The van der Waals surface area contributed by atoms with Crippen molar-refractivity contribution in [3.05, 3.63) is 35.4 Å². The molecule has 0 aliphatic heterocycles. The van der Waals surface area contributed by atoms with Gasteiger partial charge in [-0.1, -0.05) is 12.1 Å². The molecular formula is C12H15NO3. The number of benzene rings is 1. The van der Waals surface area contributed by atoms with E-state index in [2.05, 4.69) is 5.32 Å². The van der Waals surface area contributed by atoms with E-state index in [4.69, 9.17) is 5.11 Å². The number of carbonyl (C=O) groups excluding carboxylic acids is 1. The minimum atomic E-state index is -0.960. The first-order valence-corrected chi connectivity index (χ1v) is 5.10. The maximum atomic E-state index is 11.4. The van der Waals surface area contributed by atoms with Crippen molar-refractivity contribution in [3.8, 4) is 0 Å². The molecule has 0 heterocycles. The molecule has 0 radical (unpaired) electrons. The van der Waals surface area contributed by atoms with E-state index < -0.39 is 5.97 Å². The number of nitrogens with one attached hydrogen (secondary N) is 1. The lowest BCUT2D eigenvalue weighted by atomic mass is 10.1. The molecule has 0 spiro atoms. The van der Waals surface area contributed by atoms with Gasteiger partial charge in [-0.25, -0.2) is 4.79 Å². The lowest BCUT2D eigenvalue weighted by Gasteiger charge is -2.08. The van der Waals surface area contributed by atoms with Crippen LogP contribution in [0.25, 0.3) is 0 Å². The maximum absolute atomic E-state index is 11.4. The van der Waals surface area contributed by atoms with Gasteiger partial charge in [-0.3, -0.25) is 4.79 Å². The molecule has 0 fully saturated rings. The van der Waals surface area contributed by atoms with Gasteiger partial charge in [-0.05, 0) is 31.5 Å². The first-order valence-electron chi connectivity index (χ1n) is 5.10. The Kier molecular flexibility index (Phi) is 4.05. The van der Waals surface area contributed by atoms with Crippen molar-refractivity contribution in [2.24, 2.45) is 0 Å². The highest BCUT2D eigenvalue weighted by atomic mass is 16.4. The van der Waals surface area contributed by atoms with Crippen LogP contribution in [0.5, 0.6) is 0 Å². The first-order chi connectivity index (χ1) is 7.49. The smallest absolute Gasteiger partial charge is 0.335 e. The molecule has 0 atom stereocenters. The van der Waals surface area contributed by atoms with Crippen LogP contribution in [-0.2, 0) is 11.2 Å². The molecule has 0 aliphatic rings. The standard InChI is InChI=1S/C12H15NO3/c1-8(2)13-11(14)7-9-3-5-10(6-4-9)12(15)16/h3-6,8H,7H2,1-2H3,(H,13,14)(H,15,16). The van der Waals surface area contributed by atoms with Gasteiger partial charge in [0.1, 0.15) is 0 Å². The zero-order valence-corrected chi connectivity index (χ0v) is 9.36. The van der Waals surface area contributed by atoms with Gasteiger partial charge in [0, 0.05) is 6.04 Å². The molecule has 16 heavy (non-hydrogen) atoms. The summed E-state index contributed by atoms with van der Waals surface area (Å²) in [6, 6.07) is 6.43. The Hall–Kier alpha value is -1.84. The van der Waals surface area contributed by atoms with Gasteiger partial charge in [0.2, 0.25) is 5.91 Å². The Bertz CT molecular complexity index is 382. The summed E-state index contributed by atoms with van der Waals surface area (Å²) in [7, 11) is 0. The third-order valence-corrected chi connectivity index (χ3v) is 2.02. The lowest BCUT2D eigenvalue weighted by Crippen LogP contribution is -2.31. The molecule has 1 amide bonds. The van der Waals surface area contributed by atoms with E-state index in [1.165, 1.54) is 12.1 Å². The topological polar surface area (TPSA) is 66.4 Å². The molecule has 86 valence electrons. The van der Waals surface area contributed by atoms with Crippen molar-refractivity contribution < 1.29 is 14.7 Å². The average Bonchev–Trinajstić information content (AvgIpc) is 2.16. The second kappa shape index (κ2) is 5.30. The van der Waals surface area contributed by atoms with Crippen molar-refractivity contribution in [2.75, 3.05) is 0 Å². The first kappa shape index (κ1) is 12.2. The number of carboxylic acid groups (broad SMARTS) is 1. The van der Waals surface area contributed by atoms with Crippen molar-refractivity contribution in [3.63, 3.8) is 0 Å². The summed E-state index contributed by atoms with van der Waals surface area (Å²) in [5.74, 6) is -1.02. The van der Waals surface area contributed by atoms with Crippen LogP contribution < -0.4 is 5.32 Å². The van der Waals surface area contributed by atoms with Gasteiger partial charge in [-0.15, -0.1) is 0 Å². The number of rotatable bonds is 4. The third kappa shape index (κ3) is 3.73. The highest BCUT2D eigenvalue weighted by Crippen LogP contribution is 2.05. The minimum Gasteiger partial charge on any atom is -0.478 e. The molecular weight excluding hydrogens is 206 g/mol. The van der Waals surface area contributed by atoms with E-state index in [-0.39, 0.29) is 23.9 Å². The van der Waals surface area contributed by atoms with E-state index >= 15 is 0 Å². The van der Waals surface area contributed by atoms with Crippen LogP contribution in [0.4, 0.5) is 0 Å². The van der Waals surface area contributed by atoms with E-state index in [1.807, 2.05) is 13.8 Å². The molecule has 4 nitrogen and oxygen atoms in total. The summed E-state index contributed by atoms with van der Waals surface area (Å²) < 4.78 is 0. The summed E-state index contributed by atoms with van der Waals surface area (Å²) >= 11 is 0. The van der Waals surface area contributed by atoms with Crippen LogP contribution in [0.3, 0.4) is 0 Å². The number of aromatic carboxylic acids is 1. The van der Waals surface area contributed by atoms with E-state index in [9.17, 15) is 9.59 Å². The number of hydrogen-bond acceptors (Lipinski definition) is 2. The van der Waals surface area contributed by atoms with Gasteiger partial charge in [0.05, 0.1) is 12.0 Å². The summed E-state index contributed by atoms with van der Waals surface area (Å²) in [5, 5.41) is 11.5. The Labute approximate surface area is 94.3 Å². The highest BCUT2D eigenvalue weighted by Gasteiger charge is 2.06. The SMILES string of the molecule is CC(C)NC(=O)Cc1ccc(C(=O)O)cc1. The molecule has 1 aromatic rings. The van der Waals surface area contributed by atoms with Crippen molar-refractivity contribution >= 4 is 11.9 Å². The Morgan fingerprint density at radius 2 is 1.81 bits per heavy atom.